The van der Waals surface area contributed by atoms with Crippen LogP contribution in [0.5, 0.6) is 17.2 Å². The number of rotatable bonds is 7. The fraction of sp³-hybridized carbons (Fsp3) is 0.241. The molecule has 0 amide bonds. The lowest BCUT2D eigenvalue weighted by Gasteiger charge is -2.27. The summed E-state index contributed by atoms with van der Waals surface area (Å²) in [6.07, 6.45) is 3.97. The van der Waals surface area contributed by atoms with E-state index in [1.807, 2.05) is 49.8 Å². The number of methoxy groups -OCH3 is 2. The summed E-state index contributed by atoms with van der Waals surface area (Å²) in [4.78, 5) is 13.8. The van der Waals surface area contributed by atoms with E-state index in [1.54, 1.807) is 29.4 Å². The second-order valence-electron chi connectivity index (χ2n) is 9.26. The number of nitrogens with zero attached hydrogens (tertiary/aromatic N) is 2. The number of ether oxygens (including phenoxy) is 3. The number of Topliss-reactive ketones (excluding diaryl/α,β-unsaturated/α-hetero) is 1. The number of aryl methyl sites for hydroxylation is 1. The zero-order valence-corrected chi connectivity index (χ0v) is 22.0. The van der Waals surface area contributed by atoms with Crippen LogP contribution in [-0.4, -0.2) is 35.7 Å². The zero-order chi connectivity index (χ0) is 27.0. The van der Waals surface area contributed by atoms with Gasteiger partial charge in [0.2, 0.25) is 5.62 Å². The average molecular weight is 536 g/mol. The smallest absolute Gasteiger partial charge is 0.202 e. The highest BCUT2D eigenvalue weighted by molar-refractivity contribution is 6.31. The third kappa shape index (κ3) is 4.79. The van der Waals surface area contributed by atoms with E-state index in [2.05, 4.69) is 0 Å². The number of carbonyl (C=O) groups excluding carboxylic acids is 1. The molecule has 0 fully saturated rings. The molecule has 9 heteroatoms. The summed E-state index contributed by atoms with van der Waals surface area (Å²) in [5.74, 6) is 0.673. The molecule has 7 nitrogen and oxygen atoms in total. The van der Waals surface area contributed by atoms with Crippen LogP contribution in [0.4, 0.5) is 4.39 Å². The Morgan fingerprint density at radius 2 is 1.82 bits per heavy atom. The van der Waals surface area contributed by atoms with Crippen molar-refractivity contribution in [3.05, 3.63) is 94.1 Å². The number of halogens is 2. The highest BCUT2D eigenvalue weighted by atomic mass is 35.5. The summed E-state index contributed by atoms with van der Waals surface area (Å²) < 4.78 is 34.2. The molecule has 196 valence electrons. The second-order valence-corrected chi connectivity index (χ2v) is 9.67. The Balaban J connectivity index is 1.59. The van der Waals surface area contributed by atoms with Crippen molar-refractivity contribution in [3.8, 4) is 28.4 Å². The van der Waals surface area contributed by atoms with Crippen LogP contribution in [0.3, 0.4) is 0 Å². The molecule has 1 aliphatic rings. The van der Waals surface area contributed by atoms with Gasteiger partial charge in [0.05, 0.1) is 38.9 Å². The first-order valence-electron chi connectivity index (χ1n) is 12.1. The van der Waals surface area contributed by atoms with Gasteiger partial charge >= 0.3 is 0 Å². The van der Waals surface area contributed by atoms with Gasteiger partial charge in [-0.3, -0.25) is 10.2 Å². The minimum Gasteiger partial charge on any atom is -0.493 e. The van der Waals surface area contributed by atoms with E-state index in [1.165, 1.54) is 12.1 Å². The molecule has 1 N–H and O–H groups in total. The number of hydrogen-bond donors (Lipinski definition) is 1. The van der Waals surface area contributed by atoms with Gasteiger partial charge in [-0.25, -0.2) is 4.39 Å². The van der Waals surface area contributed by atoms with E-state index < -0.39 is 11.7 Å². The Kier molecular flexibility index (Phi) is 6.99. The molecule has 1 aromatic heterocycles. The highest BCUT2D eigenvalue weighted by Crippen LogP contribution is 2.42. The number of fused-ring (bicyclic) bond motifs is 1. The van der Waals surface area contributed by atoms with E-state index >= 15 is 0 Å². The number of hydrogen-bond acceptors (Lipinski definition) is 5. The maximum atomic E-state index is 13.8. The number of ketones is 1. The molecule has 0 unspecified atom stereocenters. The summed E-state index contributed by atoms with van der Waals surface area (Å²) in [6.45, 7) is 0.568. The topological polar surface area (TPSA) is 78.5 Å². The molecular formula is C29H27ClFN3O4. The Morgan fingerprint density at radius 3 is 2.50 bits per heavy atom. The third-order valence-electron chi connectivity index (χ3n) is 6.82. The molecule has 1 aliphatic heterocycles. The van der Waals surface area contributed by atoms with E-state index in [9.17, 15) is 9.18 Å². The molecule has 38 heavy (non-hydrogen) atoms. The summed E-state index contributed by atoms with van der Waals surface area (Å²) in [5, 5.41) is 8.61. The van der Waals surface area contributed by atoms with Crippen molar-refractivity contribution in [1.82, 2.24) is 9.13 Å². The van der Waals surface area contributed by atoms with E-state index in [0.29, 0.717) is 47.0 Å². The maximum Gasteiger partial charge on any atom is 0.202 e. The third-order valence-corrected chi connectivity index (χ3v) is 7.17. The van der Waals surface area contributed by atoms with Crippen LogP contribution >= 0.6 is 11.6 Å². The van der Waals surface area contributed by atoms with Crippen LogP contribution in [0.25, 0.3) is 11.1 Å². The molecule has 0 saturated heterocycles. The predicted molar refractivity (Wildman–Crippen MR) is 142 cm³/mol. The van der Waals surface area contributed by atoms with Gasteiger partial charge in [-0.15, -0.1) is 0 Å². The molecule has 0 spiro atoms. The summed E-state index contributed by atoms with van der Waals surface area (Å²) >= 11 is 6.25. The largest absolute Gasteiger partial charge is 0.493 e. The average Bonchev–Trinajstić information content (AvgIpc) is 3.23. The van der Waals surface area contributed by atoms with Crippen molar-refractivity contribution in [2.24, 2.45) is 13.0 Å². The molecular weight excluding hydrogens is 509 g/mol. The van der Waals surface area contributed by atoms with E-state index in [0.717, 1.165) is 16.7 Å². The van der Waals surface area contributed by atoms with Gasteiger partial charge < -0.3 is 23.3 Å². The fourth-order valence-electron chi connectivity index (χ4n) is 4.77. The molecule has 5 rings (SSSR count). The van der Waals surface area contributed by atoms with Crippen molar-refractivity contribution < 1.29 is 23.4 Å². The number of nitrogens with one attached hydrogen (secondary N) is 1. The second kappa shape index (κ2) is 10.4. The first-order chi connectivity index (χ1) is 18.3. The van der Waals surface area contributed by atoms with Gasteiger partial charge in [0.15, 0.2) is 17.3 Å². The van der Waals surface area contributed by atoms with Crippen molar-refractivity contribution in [1.29, 1.82) is 5.41 Å². The first kappa shape index (κ1) is 25.6. The van der Waals surface area contributed by atoms with Crippen molar-refractivity contribution in [3.63, 3.8) is 0 Å². The van der Waals surface area contributed by atoms with E-state index in [4.69, 9.17) is 31.2 Å². The molecule has 2 heterocycles. The van der Waals surface area contributed by atoms with Crippen LogP contribution in [0.1, 0.15) is 21.5 Å². The minimum absolute atomic E-state index is 0.0700. The minimum atomic E-state index is -0.477. The molecule has 1 atom stereocenters. The van der Waals surface area contributed by atoms with Gasteiger partial charge in [0, 0.05) is 30.0 Å². The lowest BCUT2D eigenvalue weighted by atomic mass is 9.86. The Hall–Kier alpha value is -4.04. The summed E-state index contributed by atoms with van der Waals surface area (Å²) in [6, 6.07) is 13.6. The van der Waals surface area contributed by atoms with Crippen LogP contribution < -0.4 is 19.8 Å². The fourth-order valence-corrected chi connectivity index (χ4v) is 5.01. The van der Waals surface area contributed by atoms with Gasteiger partial charge in [-0.2, -0.15) is 0 Å². The van der Waals surface area contributed by atoms with Crippen molar-refractivity contribution in [2.75, 3.05) is 20.8 Å². The number of carbonyl (C=O) groups is 1. The Labute approximate surface area is 224 Å². The summed E-state index contributed by atoms with van der Waals surface area (Å²) in [5.41, 5.74) is 3.88. The van der Waals surface area contributed by atoms with Crippen LogP contribution in [0.15, 0.2) is 60.9 Å². The molecule has 0 bridgehead atoms. The monoisotopic (exact) mass is 535 g/mol. The Bertz CT molecular complexity index is 1590. The molecule has 3 aromatic carbocycles. The number of benzene rings is 3. The van der Waals surface area contributed by atoms with Gasteiger partial charge in [-0.1, -0.05) is 23.7 Å². The van der Waals surface area contributed by atoms with Crippen LogP contribution in [0, 0.1) is 17.1 Å². The van der Waals surface area contributed by atoms with Crippen LogP contribution in [0.2, 0.25) is 5.02 Å². The maximum absolute atomic E-state index is 13.8. The van der Waals surface area contributed by atoms with Crippen LogP contribution in [-0.2, 0) is 20.0 Å². The quantitative estimate of drug-likeness (QED) is 0.350. The number of imidazole rings is 1. The number of aromatic nitrogens is 2. The predicted octanol–water partition coefficient (Wildman–Crippen LogP) is 5.27. The lowest BCUT2D eigenvalue weighted by Crippen LogP contribution is -2.30. The van der Waals surface area contributed by atoms with Gasteiger partial charge in [0.25, 0.3) is 0 Å². The molecule has 4 aromatic rings. The first-order valence-corrected chi connectivity index (χ1v) is 12.4. The molecule has 0 saturated carbocycles. The molecule has 0 aliphatic carbocycles. The van der Waals surface area contributed by atoms with Crippen molar-refractivity contribution in [2.45, 2.75) is 13.0 Å². The SMILES string of the molecule is COc1ccc(-c2cc(Cn3ccn(C)c3=N)cc3c2OC[C@H](Cc2ccc(F)cc2Cl)C3=O)cc1OC. The standard InChI is InChI=1S/C29H27ClFN3O4/c1-33-8-9-34(29(33)32)15-17-10-22(18-5-7-25(36-2)26(13-18)37-3)28-23(11-17)27(35)20(16-38-28)12-19-4-6-21(31)14-24(19)30/h4-11,13-14,20,32H,12,15-16H2,1-3H3/t20-/m0/s1. The highest BCUT2D eigenvalue weighted by Gasteiger charge is 2.32. The normalized spacial score (nSPS) is 14.7. The zero-order valence-electron chi connectivity index (χ0n) is 21.3. The lowest BCUT2D eigenvalue weighted by molar-refractivity contribution is 0.0831. The van der Waals surface area contributed by atoms with Crippen molar-refractivity contribution >= 4 is 17.4 Å². The molecule has 0 radical (unpaired) electrons. The van der Waals surface area contributed by atoms with Gasteiger partial charge in [-0.05, 0) is 59.5 Å². The summed E-state index contributed by atoms with van der Waals surface area (Å²) in [7, 11) is 4.95. The van der Waals surface area contributed by atoms with E-state index in [-0.39, 0.29) is 17.4 Å². The van der Waals surface area contributed by atoms with Gasteiger partial charge in [0.1, 0.15) is 11.6 Å². The Morgan fingerprint density at radius 1 is 1.05 bits per heavy atom.